The summed E-state index contributed by atoms with van der Waals surface area (Å²) in [4.78, 5) is 16.0. The molecule has 1 aliphatic heterocycles. The van der Waals surface area contributed by atoms with Gasteiger partial charge in [0.25, 0.3) is 0 Å². The van der Waals surface area contributed by atoms with Gasteiger partial charge in [0.05, 0.1) is 10.9 Å². The standard InChI is InChI=1S/C19H20N4OS2/c1-13-6-8-14(9-7-13)15-4-2-10-22(15)17(24)12-23-18(20-21-19(23)25)16-5-3-11-26-16/h3,5-9,11,15H,2,4,10,12H2,1H3,(H,21,25). The molecule has 1 N–H and O–H groups in total. The third-order valence-electron chi connectivity index (χ3n) is 4.83. The summed E-state index contributed by atoms with van der Waals surface area (Å²) in [5.74, 6) is 0.813. The number of H-pyrrole nitrogens is 1. The van der Waals surface area contributed by atoms with E-state index in [0.717, 1.165) is 30.1 Å². The molecule has 5 nitrogen and oxygen atoms in total. The van der Waals surface area contributed by atoms with Crippen molar-refractivity contribution < 1.29 is 4.79 Å². The highest BCUT2D eigenvalue weighted by molar-refractivity contribution is 7.71. The lowest BCUT2D eigenvalue weighted by atomic mass is 10.0. The van der Waals surface area contributed by atoms with Crippen molar-refractivity contribution in [2.75, 3.05) is 6.54 Å². The van der Waals surface area contributed by atoms with Crippen LogP contribution < -0.4 is 0 Å². The van der Waals surface area contributed by atoms with Crippen LogP contribution in [0.15, 0.2) is 41.8 Å². The molecular formula is C19H20N4OS2. The van der Waals surface area contributed by atoms with Crippen molar-refractivity contribution in [2.24, 2.45) is 0 Å². The van der Waals surface area contributed by atoms with Crippen LogP contribution in [0, 0.1) is 11.7 Å². The van der Waals surface area contributed by atoms with E-state index in [-0.39, 0.29) is 18.5 Å². The Balaban J connectivity index is 1.58. The van der Waals surface area contributed by atoms with Crippen LogP contribution in [0.5, 0.6) is 0 Å². The highest BCUT2D eigenvalue weighted by Crippen LogP contribution is 2.32. The van der Waals surface area contributed by atoms with Crippen molar-refractivity contribution in [3.8, 4) is 10.7 Å². The largest absolute Gasteiger partial charge is 0.334 e. The Bertz CT molecular complexity index is 956. The van der Waals surface area contributed by atoms with Crippen LogP contribution >= 0.6 is 23.6 Å². The molecule has 1 fully saturated rings. The molecule has 1 aromatic carbocycles. The Morgan fingerprint density at radius 3 is 2.88 bits per heavy atom. The number of benzene rings is 1. The summed E-state index contributed by atoms with van der Waals surface area (Å²) in [5, 5.41) is 9.13. The number of hydrogen-bond donors (Lipinski definition) is 1. The van der Waals surface area contributed by atoms with Crippen LogP contribution in [0.1, 0.15) is 30.0 Å². The number of aromatic nitrogens is 3. The van der Waals surface area contributed by atoms with Gasteiger partial charge in [-0.15, -0.1) is 11.3 Å². The number of aryl methyl sites for hydroxylation is 1. The minimum absolute atomic E-state index is 0.0865. The summed E-state index contributed by atoms with van der Waals surface area (Å²) in [6.45, 7) is 3.08. The Morgan fingerprint density at radius 1 is 1.35 bits per heavy atom. The number of carbonyl (C=O) groups is 1. The molecule has 1 atom stereocenters. The first-order chi connectivity index (χ1) is 12.6. The monoisotopic (exact) mass is 384 g/mol. The van der Waals surface area contributed by atoms with E-state index < -0.39 is 0 Å². The maximum Gasteiger partial charge on any atom is 0.243 e. The molecule has 0 saturated carbocycles. The van der Waals surface area contributed by atoms with Crippen LogP contribution in [0.25, 0.3) is 10.7 Å². The fourth-order valence-electron chi connectivity index (χ4n) is 3.48. The van der Waals surface area contributed by atoms with Crippen LogP contribution in [0.4, 0.5) is 0 Å². The third-order valence-corrected chi connectivity index (χ3v) is 6.01. The van der Waals surface area contributed by atoms with Crippen LogP contribution in [-0.2, 0) is 11.3 Å². The second-order valence-corrected chi connectivity index (χ2v) is 7.91. The van der Waals surface area contributed by atoms with Gasteiger partial charge in [-0.3, -0.25) is 14.5 Å². The first-order valence-corrected chi connectivity index (χ1v) is 9.97. The van der Waals surface area contributed by atoms with Gasteiger partial charge in [0, 0.05) is 6.54 Å². The molecule has 0 bridgehead atoms. The van der Waals surface area contributed by atoms with E-state index in [1.165, 1.54) is 11.1 Å². The molecule has 134 valence electrons. The van der Waals surface area contributed by atoms with E-state index in [1.807, 2.05) is 22.4 Å². The van der Waals surface area contributed by atoms with Gasteiger partial charge in [0.15, 0.2) is 10.6 Å². The lowest BCUT2D eigenvalue weighted by molar-refractivity contribution is -0.132. The molecule has 0 aliphatic carbocycles. The third kappa shape index (κ3) is 3.24. The van der Waals surface area contributed by atoms with Crippen molar-refractivity contribution >= 4 is 29.5 Å². The quantitative estimate of drug-likeness (QED) is 0.681. The molecule has 1 unspecified atom stereocenters. The van der Waals surface area contributed by atoms with Gasteiger partial charge in [-0.2, -0.15) is 5.10 Å². The molecule has 1 amide bonds. The number of likely N-dealkylation sites (tertiary alicyclic amines) is 1. The summed E-state index contributed by atoms with van der Waals surface area (Å²) in [6.07, 6.45) is 2.03. The van der Waals surface area contributed by atoms with Gasteiger partial charge in [0.1, 0.15) is 6.54 Å². The van der Waals surface area contributed by atoms with Crippen molar-refractivity contribution in [3.05, 3.63) is 57.7 Å². The molecule has 3 aromatic rings. The summed E-state index contributed by atoms with van der Waals surface area (Å²) in [6, 6.07) is 12.6. The van der Waals surface area contributed by atoms with E-state index in [1.54, 1.807) is 15.9 Å². The van der Waals surface area contributed by atoms with E-state index in [4.69, 9.17) is 12.2 Å². The van der Waals surface area contributed by atoms with E-state index in [2.05, 4.69) is 41.4 Å². The normalized spacial score (nSPS) is 17.0. The number of rotatable bonds is 4. The number of nitrogens with zero attached hydrogens (tertiary/aromatic N) is 3. The number of amides is 1. The minimum atomic E-state index is 0.0865. The Labute approximate surface area is 161 Å². The average Bonchev–Trinajstić information content (AvgIpc) is 3.37. The molecule has 7 heteroatoms. The van der Waals surface area contributed by atoms with Gasteiger partial charge >= 0.3 is 0 Å². The van der Waals surface area contributed by atoms with E-state index >= 15 is 0 Å². The number of hydrogen-bond acceptors (Lipinski definition) is 4. The van der Waals surface area contributed by atoms with Crippen molar-refractivity contribution in [2.45, 2.75) is 32.4 Å². The molecule has 3 heterocycles. The fourth-order valence-corrected chi connectivity index (χ4v) is 4.40. The van der Waals surface area contributed by atoms with Gasteiger partial charge in [-0.25, -0.2) is 0 Å². The lowest BCUT2D eigenvalue weighted by Crippen LogP contribution is -2.33. The topological polar surface area (TPSA) is 53.9 Å². The van der Waals surface area contributed by atoms with Crippen LogP contribution in [0.2, 0.25) is 0 Å². The van der Waals surface area contributed by atoms with Gasteiger partial charge in [-0.1, -0.05) is 35.9 Å². The van der Waals surface area contributed by atoms with Crippen molar-refractivity contribution in [3.63, 3.8) is 0 Å². The molecule has 1 saturated heterocycles. The Morgan fingerprint density at radius 2 is 2.15 bits per heavy atom. The summed E-state index contributed by atoms with van der Waals surface area (Å²) >= 11 is 6.94. The fraction of sp³-hybridized carbons (Fsp3) is 0.316. The summed E-state index contributed by atoms with van der Waals surface area (Å²) in [5.41, 5.74) is 2.44. The second kappa shape index (κ2) is 7.17. The second-order valence-electron chi connectivity index (χ2n) is 6.57. The molecular weight excluding hydrogens is 364 g/mol. The van der Waals surface area contributed by atoms with E-state index in [0.29, 0.717) is 4.77 Å². The van der Waals surface area contributed by atoms with Crippen LogP contribution in [-0.4, -0.2) is 32.1 Å². The number of carbonyl (C=O) groups excluding carboxylic acids is 1. The zero-order valence-electron chi connectivity index (χ0n) is 14.5. The van der Waals surface area contributed by atoms with Crippen LogP contribution in [0.3, 0.4) is 0 Å². The Hall–Kier alpha value is -2.25. The highest BCUT2D eigenvalue weighted by Gasteiger charge is 2.30. The predicted molar refractivity (Wildman–Crippen MR) is 106 cm³/mol. The highest BCUT2D eigenvalue weighted by atomic mass is 32.1. The Kier molecular flexibility index (Phi) is 4.74. The molecule has 0 spiro atoms. The smallest absolute Gasteiger partial charge is 0.243 e. The maximum atomic E-state index is 13.1. The van der Waals surface area contributed by atoms with Crippen molar-refractivity contribution in [1.82, 2.24) is 19.7 Å². The van der Waals surface area contributed by atoms with E-state index in [9.17, 15) is 4.79 Å². The lowest BCUT2D eigenvalue weighted by Gasteiger charge is -2.25. The van der Waals surface area contributed by atoms with Gasteiger partial charge < -0.3 is 4.90 Å². The first-order valence-electron chi connectivity index (χ1n) is 8.68. The molecule has 0 radical (unpaired) electrons. The summed E-state index contributed by atoms with van der Waals surface area (Å²) < 4.78 is 2.28. The maximum absolute atomic E-state index is 13.1. The molecule has 26 heavy (non-hydrogen) atoms. The van der Waals surface area contributed by atoms with Crippen molar-refractivity contribution in [1.29, 1.82) is 0 Å². The first kappa shape index (κ1) is 17.2. The van der Waals surface area contributed by atoms with Gasteiger partial charge in [-0.05, 0) is 49.0 Å². The zero-order chi connectivity index (χ0) is 18.1. The number of thiophene rings is 1. The molecule has 2 aromatic heterocycles. The van der Waals surface area contributed by atoms with Gasteiger partial charge in [0.2, 0.25) is 5.91 Å². The molecule has 1 aliphatic rings. The zero-order valence-corrected chi connectivity index (χ0v) is 16.1. The number of nitrogens with one attached hydrogen (secondary N) is 1. The number of aromatic amines is 1. The minimum Gasteiger partial charge on any atom is -0.334 e. The average molecular weight is 385 g/mol. The summed E-state index contributed by atoms with van der Waals surface area (Å²) in [7, 11) is 0. The predicted octanol–water partition coefficient (Wildman–Crippen LogP) is 4.34. The molecule has 4 rings (SSSR count). The SMILES string of the molecule is Cc1ccc(C2CCCN2C(=O)Cn2c(-c3cccs3)n[nH]c2=S)cc1.